The van der Waals surface area contributed by atoms with Crippen LogP contribution in [0.5, 0.6) is 0 Å². The maximum Gasteiger partial charge on any atom is 0.0730 e. The quantitative estimate of drug-likeness (QED) is 0.200. The number of hydrogen-bond acceptors (Lipinski definition) is 1. The summed E-state index contributed by atoms with van der Waals surface area (Å²) in [7, 11) is 0. The van der Waals surface area contributed by atoms with Gasteiger partial charge in [-0.1, -0.05) is 97.1 Å². The first-order chi connectivity index (χ1) is 22.7. The van der Waals surface area contributed by atoms with Crippen molar-refractivity contribution in [2.24, 2.45) is 0 Å². The average Bonchev–Trinajstić information content (AvgIpc) is 3.60. The van der Waals surface area contributed by atoms with Crippen molar-refractivity contribution in [3.63, 3.8) is 0 Å². The molecule has 0 saturated carbocycles. The van der Waals surface area contributed by atoms with E-state index in [1.807, 2.05) is 6.20 Å². The van der Waals surface area contributed by atoms with Crippen LogP contribution < -0.4 is 0 Å². The molecular formula is C43H31N3. The Hall–Kier alpha value is -5.93. The van der Waals surface area contributed by atoms with Crippen LogP contribution in [0.15, 0.2) is 152 Å². The Balaban J connectivity index is 1.33. The molecule has 0 radical (unpaired) electrons. The van der Waals surface area contributed by atoms with Crippen LogP contribution in [-0.4, -0.2) is 14.1 Å². The summed E-state index contributed by atoms with van der Waals surface area (Å²) in [5.41, 5.74) is 14.3. The van der Waals surface area contributed by atoms with Crippen molar-refractivity contribution < 1.29 is 0 Å². The molecule has 3 aromatic heterocycles. The van der Waals surface area contributed by atoms with Crippen LogP contribution in [0, 0.1) is 13.8 Å². The lowest BCUT2D eigenvalue weighted by atomic mass is 9.95. The minimum absolute atomic E-state index is 1.01. The maximum atomic E-state index is 4.86. The Kier molecular flexibility index (Phi) is 5.94. The van der Waals surface area contributed by atoms with E-state index in [4.69, 9.17) is 4.98 Å². The van der Waals surface area contributed by atoms with Crippen molar-refractivity contribution in [1.29, 1.82) is 0 Å². The van der Waals surface area contributed by atoms with Gasteiger partial charge in [-0.25, -0.2) is 0 Å². The predicted octanol–water partition coefficient (Wildman–Crippen LogP) is 11.2. The first kappa shape index (κ1) is 26.5. The lowest BCUT2D eigenvalue weighted by Gasteiger charge is -2.10. The lowest BCUT2D eigenvalue weighted by Crippen LogP contribution is -1.96. The number of pyridine rings is 1. The van der Waals surface area contributed by atoms with Crippen molar-refractivity contribution in [3.8, 4) is 33.6 Å². The minimum Gasteiger partial charge on any atom is -0.313 e. The number of hydrogen-bond donors (Lipinski definition) is 0. The van der Waals surface area contributed by atoms with Crippen molar-refractivity contribution in [3.05, 3.63) is 163 Å². The Morgan fingerprint density at radius 2 is 1.13 bits per heavy atom. The number of para-hydroxylation sites is 3. The summed E-state index contributed by atoms with van der Waals surface area (Å²) >= 11 is 0. The van der Waals surface area contributed by atoms with E-state index in [0.29, 0.717) is 0 Å². The fourth-order valence-corrected chi connectivity index (χ4v) is 7.38. The standard InChI is InChI=1S/C43H31N3/c1-28-13-9-10-18-34(28)42-29(2)45(32-14-5-3-6-15-32)39-24-22-30(25-37(39)42)31-21-23-36-40(26-31)46(33-16-7-4-8-17-33)41-27-44-38-20-12-11-19-35(38)43(36)41/h3-27H,1-2H3. The van der Waals surface area contributed by atoms with Crippen molar-refractivity contribution >= 4 is 43.6 Å². The third kappa shape index (κ3) is 3.95. The highest BCUT2D eigenvalue weighted by molar-refractivity contribution is 6.20. The molecule has 6 aromatic carbocycles. The molecule has 0 aliphatic rings. The molecule has 0 N–H and O–H groups in total. The smallest absolute Gasteiger partial charge is 0.0730 e. The zero-order valence-corrected chi connectivity index (χ0v) is 25.8. The van der Waals surface area contributed by atoms with Gasteiger partial charge in [0.25, 0.3) is 0 Å². The number of rotatable bonds is 4. The monoisotopic (exact) mass is 589 g/mol. The molecule has 0 saturated heterocycles. The molecule has 9 aromatic rings. The number of nitrogens with zero attached hydrogens (tertiary/aromatic N) is 3. The van der Waals surface area contributed by atoms with Gasteiger partial charge in [0, 0.05) is 44.2 Å². The van der Waals surface area contributed by atoms with Crippen LogP contribution in [0.4, 0.5) is 0 Å². The largest absolute Gasteiger partial charge is 0.313 e. The summed E-state index contributed by atoms with van der Waals surface area (Å²) in [4.78, 5) is 4.86. The molecule has 0 aliphatic heterocycles. The zero-order valence-electron chi connectivity index (χ0n) is 25.8. The number of benzene rings is 6. The maximum absolute atomic E-state index is 4.86. The van der Waals surface area contributed by atoms with E-state index in [1.165, 1.54) is 71.8 Å². The first-order valence-electron chi connectivity index (χ1n) is 15.8. The van der Waals surface area contributed by atoms with E-state index in [0.717, 1.165) is 16.7 Å². The third-order valence-corrected chi connectivity index (χ3v) is 9.48. The van der Waals surface area contributed by atoms with Gasteiger partial charge in [-0.3, -0.25) is 4.98 Å². The Morgan fingerprint density at radius 1 is 0.478 bits per heavy atom. The summed E-state index contributed by atoms with van der Waals surface area (Å²) < 4.78 is 4.76. The molecular weight excluding hydrogens is 558 g/mol. The number of aryl methyl sites for hydroxylation is 1. The molecule has 218 valence electrons. The third-order valence-electron chi connectivity index (χ3n) is 9.48. The molecule has 0 spiro atoms. The first-order valence-corrected chi connectivity index (χ1v) is 15.8. The molecule has 0 fully saturated rings. The number of aromatic nitrogens is 3. The lowest BCUT2D eigenvalue weighted by molar-refractivity contribution is 1.05. The second-order valence-electron chi connectivity index (χ2n) is 12.1. The van der Waals surface area contributed by atoms with Crippen LogP contribution in [0.1, 0.15) is 11.3 Å². The molecule has 0 atom stereocenters. The normalized spacial score (nSPS) is 11.7. The topological polar surface area (TPSA) is 22.8 Å². The highest BCUT2D eigenvalue weighted by Crippen LogP contribution is 2.42. The molecule has 0 bridgehead atoms. The van der Waals surface area contributed by atoms with Gasteiger partial charge in [0.15, 0.2) is 0 Å². The Labute approximate surface area is 267 Å². The van der Waals surface area contributed by atoms with Crippen LogP contribution in [0.3, 0.4) is 0 Å². The fourth-order valence-electron chi connectivity index (χ4n) is 7.38. The molecule has 9 rings (SSSR count). The molecule has 3 nitrogen and oxygen atoms in total. The fraction of sp³-hybridized carbons (Fsp3) is 0.0465. The van der Waals surface area contributed by atoms with Crippen LogP contribution >= 0.6 is 0 Å². The molecule has 3 heteroatoms. The zero-order chi connectivity index (χ0) is 30.8. The second kappa shape index (κ2) is 10.3. The summed E-state index contributed by atoms with van der Waals surface area (Å²) in [6, 6.07) is 52.4. The van der Waals surface area contributed by atoms with Gasteiger partial charge in [0.05, 0.1) is 28.3 Å². The summed E-state index contributed by atoms with van der Waals surface area (Å²) in [6.45, 7) is 4.45. The average molecular weight is 590 g/mol. The van der Waals surface area contributed by atoms with Crippen molar-refractivity contribution in [2.45, 2.75) is 13.8 Å². The molecule has 0 aliphatic carbocycles. The summed E-state index contributed by atoms with van der Waals surface area (Å²) in [5, 5.41) is 4.90. The van der Waals surface area contributed by atoms with E-state index in [-0.39, 0.29) is 0 Å². The van der Waals surface area contributed by atoms with Crippen LogP contribution in [0.25, 0.3) is 77.2 Å². The van der Waals surface area contributed by atoms with E-state index < -0.39 is 0 Å². The minimum atomic E-state index is 1.01. The summed E-state index contributed by atoms with van der Waals surface area (Å²) in [5.74, 6) is 0. The van der Waals surface area contributed by atoms with Gasteiger partial charge in [-0.15, -0.1) is 0 Å². The highest BCUT2D eigenvalue weighted by Gasteiger charge is 2.20. The van der Waals surface area contributed by atoms with E-state index in [2.05, 4.69) is 169 Å². The van der Waals surface area contributed by atoms with Gasteiger partial charge >= 0.3 is 0 Å². The van der Waals surface area contributed by atoms with Gasteiger partial charge in [-0.05, 0) is 84.6 Å². The number of fused-ring (bicyclic) bond motifs is 6. The Morgan fingerprint density at radius 3 is 1.91 bits per heavy atom. The molecule has 3 heterocycles. The molecule has 0 amide bonds. The van der Waals surface area contributed by atoms with Crippen LogP contribution in [-0.2, 0) is 0 Å². The SMILES string of the molecule is Cc1ccccc1-c1c(C)n(-c2ccccc2)c2ccc(-c3ccc4c5c6ccccc6ncc5n(-c5ccccc5)c4c3)cc12. The summed E-state index contributed by atoms with van der Waals surface area (Å²) in [6.07, 6.45) is 2.03. The van der Waals surface area contributed by atoms with E-state index in [9.17, 15) is 0 Å². The van der Waals surface area contributed by atoms with Crippen molar-refractivity contribution in [1.82, 2.24) is 14.1 Å². The highest BCUT2D eigenvalue weighted by atomic mass is 15.0. The van der Waals surface area contributed by atoms with Gasteiger partial charge in [-0.2, -0.15) is 0 Å². The van der Waals surface area contributed by atoms with Gasteiger partial charge in [0.1, 0.15) is 0 Å². The predicted molar refractivity (Wildman–Crippen MR) is 193 cm³/mol. The van der Waals surface area contributed by atoms with Gasteiger partial charge in [0.2, 0.25) is 0 Å². The molecule has 46 heavy (non-hydrogen) atoms. The second-order valence-corrected chi connectivity index (χ2v) is 12.1. The van der Waals surface area contributed by atoms with Crippen molar-refractivity contribution in [2.75, 3.05) is 0 Å². The van der Waals surface area contributed by atoms with Gasteiger partial charge < -0.3 is 9.13 Å². The van der Waals surface area contributed by atoms with Crippen LogP contribution in [0.2, 0.25) is 0 Å². The van der Waals surface area contributed by atoms with E-state index in [1.54, 1.807) is 0 Å². The van der Waals surface area contributed by atoms with E-state index >= 15 is 0 Å². The Bertz CT molecular complexity index is 2590. The molecule has 0 unspecified atom stereocenters.